The molecule has 0 aliphatic carbocycles. The van der Waals surface area contributed by atoms with E-state index in [9.17, 15) is 9.59 Å². The summed E-state index contributed by atoms with van der Waals surface area (Å²) < 4.78 is 7.12. The van der Waals surface area contributed by atoms with Crippen molar-refractivity contribution in [1.82, 2.24) is 20.2 Å². The van der Waals surface area contributed by atoms with E-state index in [2.05, 4.69) is 29.5 Å². The van der Waals surface area contributed by atoms with Crippen LogP contribution in [0.4, 0.5) is 0 Å². The Kier molecular flexibility index (Phi) is 5.75. The summed E-state index contributed by atoms with van der Waals surface area (Å²) in [5.41, 5.74) is 1.25. The monoisotopic (exact) mass is 358 g/mol. The lowest BCUT2D eigenvalue weighted by molar-refractivity contribution is 0.0932. The number of hydrogen-bond acceptors (Lipinski definition) is 4. The lowest BCUT2D eigenvalue weighted by Crippen LogP contribution is -2.27. The zero-order valence-electron chi connectivity index (χ0n) is 15.4. The number of fused-ring (bicyclic) bond motifs is 1. The van der Waals surface area contributed by atoms with Crippen molar-refractivity contribution in [3.05, 3.63) is 41.4 Å². The van der Waals surface area contributed by atoms with Crippen molar-refractivity contribution < 1.29 is 14.0 Å². The first-order chi connectivity index (χ1) is 12.6. The normalized spacial score (nSPS) is 13.5. The summed E-state index contributed by atoms with van der Waals surface area (Å²) in [5, 5.41) is 5.74. The highest BCUT2D eigenvalue weighted by Gasteiger charge is 2.27. The van der Waals surface area contributed by atoms with E-state index in [4.69, 9.17) is 4.42 Å². The summed E-state index contributed by atoms with van der Waals surface area (Å²) in [7, 11) is 0. The molecule has 0 radical (unpaired) electrons. The van der Waals surface area contributed by atoms with Gasteiger partial charge in [-0.2, -0.15) is 0 Å². The average molecular weight is 358 g/mol. The first kappa shape index (κ1) is 18.2. The standard InChI is InChI=1S/C19H26N4O3/c1-13(2)8-9-20-18(24)16-15-7-3-4-10-23(15)17(22-16)19(25)21-12-14-6-5-11-26-14/h5-6,11,13H,3-4,7-10,12H2,1-2H3,(H,20,24)(H,21,25). The van der Waals surface area contributed by atoms with Crippen LogP contribution < -0.4 is 10.6 Å². The first-order valence-electron chi connectivity index (χ1n) is 9.24. The van der Waals surface area contributed by atoms with Crippen LogP contribution in [0.25, 0.3) is 0 Å². The van der Waals surface area contributed by atoms with Crippen LogP contribution in [0.1, 0.15) is 65.7 Å². The molecule has 1 aliphatic heterocycles. The third kappa shape index (κ3) is 4.15. The molecule has 2 amide bonds. The van der Waals surface area contributed by atoms with Crippen LogP contribution >= 0.6 is 0 Å². The number of carbonyl (C=O) groups excluding carboxylic acids is 2. The van der Waals surface area contributed by atoms with Gasteiger partial charge >= 0.3 is 0 Å². The molecule has 2 N–H and O–H groups in total. The third-order valence-corrected chi connectivity index (χ3v) is 4.55. The van der Waals surface area contributed by atoms with E-state index in [1.807, 2.05) is 4.57 Å². The van der Waals surface area contributed by atoms with Crippen LogP contribution in [-0.2, 0) is 19.5 Å². The summed E-state index contributed by atoms with van der Waals surface area (Å²) in [6, 6.07) is 3.58. The molecule has 7 heteroatoms. The molecule has 0 fully saturated rings. The predicted octanol–water partition coefficient (Wildman–Crippen LogP) is 2.52. The molecule has 0 atom stereocenters. The highest BCUT2D eigenvalue weighted by atomic mass is 16.3. The number of aromatic nitrogens is 2. The third-order valence-electron chi connectivity index (χ3n) is 4.55. The minimum absolute atomic E-state index is 0.193. The smallest absolute Gasteiger partial charge is 0.287 e. The van der Waals surface area contributed by atoms with Gasteiger partial charge in [0.2, 0.25) is 0 Å². The van der Waals surface area contributed by atoms with Gasteiger partial charge < -0.3 is 19.6 Å². The highest BCUT2D eigenvalue weighted by molar-refractivity contribution is 5.97. The lowest BCUT2D eigenvalue weighted by atomic mass is 10.1. The topological polar surface area (TPSA) is 89.2 Å². The number of furan rings is 1. The maximum Gasteiger partial charge on any atom is 0.287 e. The molecule has 3 rings (SSSR count). The van der Waals surface area contributed by atoms with Gasteiger partial charge in [-0.05, 0) is 43.7 Å². The Morgan fingerprint density at radius 2 is 2.12 bits per heavy atom. The second-order valence-electron chi connectivity index (χ2n) is 7.04. The minimum atomic E-state index is -0.286. The Balaban J connectivity index is 1.74. The summed E-state index contributed by atoms with van der Waals surface area (Å²) in [6.45, 7) is 5.86. The number of hydrogen-bond donors (Lipinski definition) is 2. The van der Waals surface area contributed by atoms with Gasteiger partial charge in [-0.1, -0.05) is 13.8 Å². The average Bonchev–Trinajstić information content (AvgIpc) is 3.27. The predicted molar refractivity (Wildman–Crippen MR) is 96.8 cm³/mol. The molecule has 0 saturated heterocycles. The van der Waals surface area contributed by atoms with Crippen molar-refractivity contribution in [2.45, 2.75) is 52.6 Å². The van der Waals surface area contributed by atoms with Crippen molar-refractivity contribution in [2.24, 2.45) is 5.92 Å². The summed E-state index contributed by atoms with van der Waals surface area (Å²) >= 11 is 0. The first-order valence-corrected chi connectivity index (χ1v) is 9.24. The minimum Gasteiger partial charge on any atom is -0.467 e. The summed E-state index contributed by atoms with van der Waals surface area (Å²) in [6.07, 6.45) is 5.24. The van der Waals surface area contributed by atoms with E-state index in [1.165, 1.54) is 0 Å². The summed E-state index contributed by atoms with van der Waals surface area (Å²) in [5.74, 6) is 1.03. The van der Waals surface area contributed by atoms with Crippen molar-refractivity contribution in [1.29, 1.82) is 0 Å². The number of nitrogens with one attached hydrogen (secondary N) is 2. The van der Waals surface area contributed by atoms with E-state index in [1.54, 1.807) is 18.4 Å². The molecule has 0 spiro atoms. The van der Waals surface area contributed by atoms with Crippen molar-refractivity contribution in [3.63, 3.8) is 0 Å². The number of amides is 2. The quantitative estimate of drug-likeness (QED) is 0.796. The Hall–Kier alpha value is -2.57. The van der Waals surface area contributed by atoms with E-state index in [0.717, 1.165) is 31.4 Å². The molecular weight excluding hydrogens is 332 g/mol. The van der Waals surface area contributed by atoms with Crippen molar-refractivity contribution >= 4 is 11.8 Å². The van der Waals surface area contributed by atoms with Gasteiger partial charge in [-0.3, -0.25) is 9.59 Å². The number of rotatable bonds is 7. The van der Waals surface area contributed by atoms with Crippen LogP contribution in [0.3, 0.4) is 0 Å². The maximum absolute atomic E-state index is 12.6. The Morgan fingerprint density at radius 1 is 1.27 bits per heavy atom. The fraction of sp³-hybridized carbons (Fsp3) is 0.526. The van der Waals surface area contributed by atoms with Crippen LogP contribution in [0.5, 0.6) is 0 Å². The van der Waals surface area contributed by atoms with Crippen LogP contribution in [-0.4, -0.2) is 27.9 Å². The van der Waals surface area contributed by atoms with Crippen LogP contribution in [0.2, 0.25) is 0 Å². The van der Waals surface area contributed by atoms with Gasteiger partial charge in [0, 0.05) is 13.1 Å². The van der Waals surface area contributed by atoms with E-state index in [0.29, 0.717) is 42.8 Å². The van der Waals surface area contributed by atoms with Gasteiger partial charge in [-0.25, -0.2) is 4.98 Å². The molecule has 26 heavy (non-hydrogen) atoms. The fourth-order valence-electron chi connectivity index (χ4n) is 3.12. The Labute approximate surface area is 153 Å². The Morgan fingerprint density at radius 3 is 2.85 bits per heavy atom. The van der Waals surface area contributed by atoms with Gasteiger partial charge in [-0.15, -0.1) is 0 Å². The van der Waals surface area contributed by atoms with Crippen molar-refractivity contribution in [3.8, 4) is 0 Å². The molecule has 140 valence electrons. The van der Waals surface area contributed by atoms with Crippen LogP contribution in [0.15, 0.2) is 22.8 Å². The number of imidazole rings is 1. The van der Waals surface area contributed by atoms with E-state index in [-0.39, 0.29) is 11.8 Å². The number of nitrogens with zero attached hydrogens (tertiary/aromatic N) is 2. The summed E-state index contributed by atoms with van der Waals surface area (Å²) in [4.78, 5) is 29.5. The fourth-order valence-corrected chi connectivity index (χ4v) is 3.12. The maximum atomic E-state index is 12.6. The van der Waals surface area contributed by atoms with Gasteiger partial charge in [0.15, 0.2) is 5.82 Å². The molecule has 7 nitrogen and oxygen atoms in total. The zero-order valence-corrected chi connectivity index (χ0v) is 15.4. The molecule has 2 aromatic rings. The van der Waals surface area contributed by atoms with Gasteiger partial charge in [0.25, 0.3) is 11.8 Å². The largest absolute Gasteiger partial charge is 0.467 e. The Bertz CT molecular complexity index is 762. The van der Waals surface area contributed by atoms with Crippen molar-refractivity contribution in [2.75, 3.05) is 6.54 Å². The molecule has 1 aliphatic rings. The molecule has 0 bridgehead atoms. The SMILES string of the molecule is CC(C)CCNC(=O)c1nc(C(=O)NCc2ccco2)n2c1CCCC2. The van der Waals surface area contributed by atoms with Gasteiger partial charge in [0.05, 0.1) is 18.5 Å². The second kappa shape index (κ2) is 8.21. The van der Waals surface area contributed by atoms with E-state index >= 15 is 0 Å². The second-order valence-corrected chi connectivity index (χ2v) is 7.04. The van der Waals surface area contributed by atoms with Gasteiger partial charge in [0.1, 0.15) is 11.5 Å². The highest BCUT2D eigenvalue weighted by Crippen LogP contribution is 2.21. The van der Waals surface area contributed by atoms with Crippen LogP contribution in [0, 0.1) is 5.92 Å². The molecule has 2 aromatic heterocycles. The molecule has 0 aromatic carbocycles. The molecular formula is C19H26N4O3. The zero-order chi connectivity index (χ0) is 18.5. The molecule has 0 unspecified atom stereocenters. The molecule has 0 saturated carbocycles. The molecule has 3 heterocycles. The van der Waals surface area contributed by atoms with E-state index < -0.39 is 0 Å². The lowest BCUT2D eigenvalue weighted by Gasteiger charge is -2.17. The number of carbonyl (C=O) groups is 2.